The molecule has 0 saturated heterocycles. The van der Waals surface area contributed by atoms with Crippen LogP contribution >= 0.6 is 0 Å². The van der Waals surface area contributed by atoms with E-state index in [0.29, 0.717) is 13.2 Å². The van der Waals surface area contributed by atoms with Crippen LogP contribution in [-0.2, 0) is 15.9 Å². The lowest BCUT2D eigenvalue weighted by atomic mass is 9.84. The Bertz CT molecular complexity index is 419. The highest BCUT2D eigenvalue weighted by molar-refractivity contribution is 5.59. The topological polar surface area (TPSA) is 35.5 Å². The Kier molecular flexibility index (Phi) is 6.58. The Morgan fingerprint density at radius 3 is 2.48 bits per heavy atom. The van der Waals surface area contributed by atoms with Crippen molar-refractivity contribution in [2.75, 3.05) is 13.2 Å². The molecule has 0 amide bonds. The van der Waals surface area contributed by atoms with Crippen LogP contribution in [0, 0.1) is 0 Å². The highest BCUT2D eigenvalue weighted by Crippen LogP contribution is 2.32. The van der Waals surface area contributed by atoms with E-state index in [-0.39, 0.29) is 0 Å². The minimum atomic E-state index is -0.565. The van der Waals surface area contributed by atoms with Crippen molar-refractivity contribution < 1.29 is 14.3 Å². The molecule has 0 aliphatic heterocycles. The van der Waals surface area contributed by atoms with Crippen molar-refractivity contribution >= 4 is 6.16 Å². The zero-order valence-electron chi connectivity index (χ0n) is 13.0. The van der Waals surface area contributed by atoms with Crippen LogP contribution in [0.1, 0.15) is 62.5 Å². The van der Waals surface area contributed by atoms with Crippen molar-refractivity contribution in [1.82, 2.24) is 0 Å². The van der Waals surface area contributed by atoms with Gasteiger partial charge < -0.3 is 9.47 Å². The molecule has 1 fully saturated rings. The number of ether oxygens (including phenoxy) is 2. The third-order valence-corrected chi connectivity index (χ3v) is 4.15. The second-order valence-electron chi connectivity index (χ2n) is 5.71. The van der Waals surface area contributed by atoms with Crippen LogP contribution in [0.15, 0.2) is 24.3 Å². The van der Waals surface area contributed by atoms with Gasteiger partial charge >= 0.3 is 6.16 Å². The summed E-state index contributed by atoms with van der Waals surface area (Å²) in [6.45, 7) is 2.56. The van der Waals surface area contributed by atoms with Gasteiger partial charge in [0.2, 0.25) is 0 Å². The number of benzene rings is 1. The lowest BCUT2D eigenvalue weighted by molar-refractivity contribution is 0.0584. The zero-order chi connectivity index (χ0) is 14.9. The highest BCUT2D eigenvalue weighted by Gasteiger charge is 2.14. The summed E-state index contributed by atoms with van der Waals surface area (Å²) in [5, 5.41) is 0. The summed E-state index contributed by atoms with van der Waals surface area (Å²) in [5.41, 5.74) is 2.79. The molecule has 0 bridgehead atoms. The molecule has 0 atom stereocenters. The van der Waals surface area contributed by atoms with E-state index in [9.17, 15) is 4.79 Å². The molecule has 116 valence electrons. The van der Waals surface area contributed by atoms with Crippen molar-refractivity contribution in [1.29, 1.82) is 0 Å². The molecule has 2 rings (SSSR count). The maximum Gasteiger partial charge on any atom is 0.508 e. The van der Waals surface area contributed by atoms with E-state index >= 15 is 0 Å². The average molecular weight is 290 g/mol. The summed E-state index contributed by atoms with van der Waals surface area (Å²) >= 11 is 0. The monoisotopic (exact) mass is 290 g/mol. The molecule has 3 nitrogen and oxygen atoms in total. The Hall–Kier alpha value is -1.51. The summed E-state index contributed by atoms with van der Waals surface area (Å²) in [6, 6.07) is 8.98. The summed E-state index contributed by atoms with van der Waals surface area (Å²) < 4.78 is 9.68. The number of rotatable bonds is 6. The predicted octanol–water partition coefficient (Wildman–Crippen LogP) is 4.84. The van der Waals surface area contributed by atoms with E-state index in [1.54, 1.807) is 6.92 Å². The van der Waals surface area contributed by atoms with E-state index in [1.807, 2.05) is 0 Å². The number of hydrogen-bond donors (Lipinski definition) is 0. The molecule has 0 heterocycles. The molecule has 1 saturated carbocycles. The molecule has 0 unspecified atom stereocenters. The van der Waals surface area contributed by atoms with Crippen LogP contribution < -0.4 is 0 Å². The van der Waals surface area contributed by atoms with Crippen LogP contribution in [0.2, 0.25) is 0 Å². The molecule has 0 spiro atoms. The largest absolute Gasteiger partial charge is 0.508 e. The van der Waals surface area contributed by atoms with E-state index in [4.69, 9.17) is 9.47 Å². The fourth-order valence-corrected chi connectivity index (χ4v) is 2.98. The van der Waals surface area contributed by atoms with Gasteiger partial charge in [-0.1, -0.05) is 43.5 Å². The molecule has 1 aliphatic carbocycles. The molecular weight excluding hydrogens is 264 g/mol. The van der Waals surface area contributed by atoms with Crippen molar-refractivity contribution in [3.63, 3.8) is 0 Å². The van der Waals surface area contributed by atoms with Gasteiger partial charge in [-0.25, -0.2) is 4.79 Å². The van der Waals surface area contributed by atoms with Crippen molar-refractivity contribution in [2.24, 2.45) is 0 Å². The molecule has 1 aromatic carbocycles. The Labute approximate surface area is 127 Å². The van der Waals surface area contributed by atoms with Crippen molar-refractivity contribution in [3.8, 4) is 0 Å². The highest BCUT2D eigenvalue weighted by atomic mass is 16.7. The number of aryl methyl sites for hydroxylation is 1. The molecule has 21 heavy (non-hydrogen) atoms. The van der Waals surface area contributed by atoms with E-state index < -0.39 is 6.16 Å². The fraction of sp³-hybridized carbons (Fsp3) is 0.611. The molecule has 0 N–H and O–H groups in total. The molecule has 3 heteroatoms. The Balaban J connectivity index is 1.71. The second kappa shape index (κ2) is 8.71. The first-order valence-electron chi connectivity index (χ1n) is 8.18. The molecule has 1 aliphatic rings. The first kappa shape index (κ1) is 15.9. The van der Waals surface area contributed by atoms with Gasteiger partial charge in [-0.15, -0.1) is 0 Å². The van der Waals surface area contributed by atoms with E-state index in [2.05, 4.69) is 24.3 Å². The standard InChI is InChI=1S/C18H26O3/c1-2-20-18(19)21-14-6-7-15-10-12-17(13-11-15)16-8-4-3-5-9-16/h10-13,16H,2-9,14H2,1H3. The van der Waals surface area contributed by atoms with Gasteiger partial charge in [0, 0.05) is 0 Å². The maximum absolute atomic E-state index is 11.0. The Morgan fingerprint density at radius 1 is 1.10 bits per heavy atom. The van der Waals surface area contributed by atoms with Crippen LogP contribution in [0.3, 0.4) is 0 Å². The van der Waals surface area contributed by atoms with Crippen molar-refractivity contribution in [3.05, 3.63) is 35.4 Å². The van der Waals surface area contributed by atoms with Crippen LogP contribution in [0.4, 0.5) is 4.79 Å². The van der Waals surface area contributed by atoms with Crippen LogP contribution in [-0.4, -0.2) is 19.4 Å². The maximum atomic E-state index is 11.0. The fourth-order valence-electron chi connectivity index (χ4n) is 2.98. The normalized spacial score (nSPS) is 15.7. The third kappa shape index (κ3) is 5.41. The summed E-state index contributed by atoms with van der Waals surface area (Å²) in [6.07, 6.45) is 8.03. The molecule has 0 radical (unpaired) electrons. The summed E-state index contributed by atoms with van der Waals surface area (Å²) in [5.74, 6) is 0.764. The second-order valence-corrected chi connectivity index (χ2v) is 5.71. The number of carbonyl (C=O) groups excluding carboxylic acids is 1. The van der Waals surface area contributed by atoms with Gasteiger partial charge in [0.25, 0.3) is 0 Å². The van der Waals surface area contributed by atoms with Gasteiger partial charge in [0.05, 0.1) is 13.2 Å². The SMILES string of the molecule is CCOC(=O)OCCCc1ccc(C2CCCCC2)cc1. The lowest BCUT2D eigenvalue weighted by Crippen LogP contribution is -2.08. The first-order valence-corrected chi connectivity index (χ1v) is 8.18. The van der Waals surface area contributed by atoms with E-state index in [1.165, 1.54) is 43.2 Å². The van der Waals surface area contributed by atoms with Crippen LogP contribution in [0.5, 0.6) is 0 Å². The summed E-state index contributed by atoms with van der Waals surface area (Å²) in [7, 11) is 0. The number of hydrogen-bond acceptors (Lipinski definition) is 3. The quantitative estimate of drug-likeness (QED) is 0.555. The Morgan fingerprint density at radius 2 is 1.81 bits per heavy atom. The lowest BCUT2D eigenvalue weighted by Gasteiger charge is -2.22. The van der Waals surface area contributed by atoms with Gasteiger partial charge in [-0.05, 0) is 49.7 Å². The average Bonchev–Trinajstić information content (AvgIpc) is 2.53. The van der Waals surface area contributed by atoms with Gasteiger partial charge in [-0.2, -0.15) is 0 Å². The van der Waals surface area contributed by atoms with Crippen molar-refractivity contribution in [2.45, 2.75) is 57.8 Å². The predicted molar refractivity (Wildman–Crippen MR) is 83.6 cm³/mol. The molecular formula is C18H26O3. The molecule has 1 aromatic rings. The smallest absolute Gasteiger partial charge is 0.435 e. The van der Waals surface area contributed by atoms with E-state index in [0.717, 1.165) is 18.8 Å². The van der Waals surface area contributed by atoms with Gasteiger partial charge in [0.1, 0.15) is 0 Å². The zero-order valence-corrected chi connectivity index (χ0v) is 13.0. The number of carbonyl (C=O) groups is 1. The minimum absolute atomic E-state index is 0.363. The van der Waals surface area contributed by atoms with Gasteiger partial charge in [-0.3, -0.25) is 0 Å². The van der Waals surface area contributed by atoms with Gasteiger partial charge in [0.15, 0.2) is 0 Å². The minimum Gasteiger partial charge on any atom is -0.435 e. The first-order chi connectivity index (χ1) is 10.3. The molecule has 0 aromatic heterocycles. The summed E-state index contributed by atoms with van der Waals surface area (Å²) in [4.78, 5) is 11.0. The van der Waals surface area contributed by atoms with Crippen LogP contribution in [0.25, 0.3) is 0 Å². The third-order valence-electron chi connectivity index (χ3n) is 4.15.